The number of rotatable bonds is 4. The van der Waals surface area contributed by atoms with Crippen LogP contribution < -0.4 is 10.5 Å². The second-order valence-electron chi connectivity index (χ2n) is 3.95. The molecule has 5 nitrogen and oxygen atoms in total. The fraction of sp³-hybridized carbons (Fsp3) is 0.308. The SMILES string of the molecule is COC(=O)Cc1c(CN)[nH]c2ccc(OC)cc12. The molecule has 0 spiro atoms. The average molecular weight is 248 g/mol. The monoisotopic (exact) mass is 248 g/mol. The summed E-state index contributed by atoms with van der Waals surface area (Å²) in [6.45, 7) is 0.351. The van der Waals surface area contributed by atoms with Crippen molar-refractivity contribution in [1.29, 1.82) is 0 Å². The van der Waals surface area contributed by atoms with Crippen molar-refractivity contribution in [3.8, 4) is 5.75 Å². The molecule has 0 amide bonds. The summed E-state index contributed by atoms with van der Waals surface area (Å²) in [6, 6.07) is 5.67. The molecule has 18 heavy (non-hydrogen) atoms. The molecule has 0 aliphatic rings. The first kappa shape index (κ1) is 12.4. The standard InChI is InChI=1S/C13H16N2O3/c1-17-8-3-4-11-9(5-8)10(6-13(16)18-2)12(7-14)15-11/h3-5,15H,6-7,14H2,1-2H3. The minimum atomic E-state index is -0.284. The summed E-state index contributed by atoms with van der Waals surface area (Å²) in [5, 5.41) is 0.945. The third-order valence-corrected chi connectivity index (χ3v) is 2.95. The van der Waals surface area contributed by atoms with Crippen LogP contribution in [0.2, 0.25) is 0 Å². The van der Waals surface area contributed by atoms with Crippen molar-refractivity contribution in [2.45, 2.75) is 13.0 Å². The van der Waals surface area contributed by atoms with Crippen LogP contribution in [-0.4, -0.2) is 25.2 Å². The molecule has 2 aromatic rings. The predicted octanol–water partition coefficient (Wildman–Crippen LogP) is 1.35. The lowest BCUT2D eigenvalue weighted by atomic mass is 10.1. The highest BCUT2D eigenvalue weighted by Gasteiger charge is 2.14. The first-order chi connectivity index (χ1) is 8.69. The maximum atomic E-state index is 11.4. The molecular formula is C13H16N2O3. The Morgan fingerprint density at radius 2 is 2.17 bits per heavy atom. The quantitative estimate of drug-likeness (QED) is 0.801. The Kier molecular flexibility index (Phi) is 3.53. The Hall–Kier alpha value is -2.01. The second kappa shape index (κ2) is 5.10. The van der Waals surface area contributed by atoms with Gasteiger partial charge in [0, 0.05) is 23.1 Å². The number of ether oxygens (including phenoxy) is 2. The maximum absolute atomic E-state index is 11.4. The number of hydrogen-bond acceptors (Lipinski definition) is 4. The predicted molar refractivity (Wildman–Crippen MR) is 68.5 cm³/mol. The van der Waals surface area contributed by atoms with Crippen LogP contribution in [0.3, 0.4) is 0 Å². The summed E-state index contributed by atoms with van der Waals surface area (Å²) in [7, 11) is 2.98. The third kappa shape index (κ3) is 2.17. The van der Waals surface area contributed by atoms with Crippen LogP contribution in [0.25, 0.3) is 10.9 Å². The van der Waals surface area contributed by atoms with Crippen LogP contribution in [-0.2, 0) is 22.5 Å². The number of nitrogens with one attached hydrogen (secondary N) is 1. The molecule has 0 bridgehead atoms. The molecule has 96 valence electrons. The lowest BCUT2D eigenvalue weighted by molar-refractivity contribution is -0.139. The number of nitrogens with two attached hydrogens (primary N) is 1. The number of H-pyrrole nitrogens is 1. The van der Waals surface area contributed by atoms with Gasteiger partial charge in [-0.15, -0.1) is 0 Å². The van der Waals surface area contributed by atoms with Crippen molar-refractivity contribution < 1.29 is 14.3 Å². The molecule has 0 aliphatic heterocycles. The van der Waals surface area contributed by atoms with Crippen molar-refractivity contribution in [3.63, 3.8) is 0 Å². The number of fused-ring (bicyclic) bond motifs is 1. The van der Waals surface area contributed by atoms with Crippen molar-refractivity contribution in [2.75, 3.05) is 14.2 Å². The minimum Gasteiger partial charge on any atom is -0.497 e. The number of hydrogen-bond donors (Lipinski definition) is 2. The number of carbonyl (C=O) groups is 1. The number of carbonyl (C=O) groups excluding carboxylic acids is 1. The van der Waals surface area contributed by atoms with Gasteiger partial charge in [-0.3, -0.25) is 4.79 Å². The van der Waals surface area contributed by atoms with Crippen LogP contribution in [0.5, 0.6) is 5.75 Å². The van der Waals surface area contributed by atoms with E-state index in [0.29, 0.717) is 6.54 Å². The van der Waals surface area contributed by atoms with Gasteiger partial charge in [0.05, 0.1) is 20.6 Å². The highest BCUT2D eigenvalue weighted by Crippen LogP contribution is 2.27. The van der Waals surface area contributed by atoms with E-state index < -0.39 is 0 Å². The Morgan fingerprint density at radius 3 is 2.78 bits per heavy atom. The van der Waals surface area contributed by atoms with Gasteiger partial charge in [0.15, 0.2) is 0 Å². The minimum absolute atomic E-state index is 0.205. The Balaban J connectivity index is 2.55. The van der Waals surface area contributed by atoms with Gasteiger partial charge in [-0.2, -0.15) is 0 Å². The Bertz CT molecular complexity index is 575. The van der Waals surface area contributed by atoms with Gasteiger partial charge in [0.1, 0.15) is 5.75 Å². The molecule has 2 rings (SSSR count). The van der Waals surface area contributed by atoms with Crippen LogP contribution in [0.1, 0.15) is 11.3 Å². The maximum Gasteiger partial charge on any atom is 0.310 e. The van der Waals surface area contributed by atoms with Gasteiger partial charge in [-0.05, 0) is 23.8 Å². The molecule has 0 saturated heterocycles. The van der Waals surface area contributed by atoms with E-state index >= 15 is 0 Å². The van der Waals surface area contributed by atoms with E-state index in [-0.39, 0.29) is 12.4 Å². The number of aromatic nitrogens is 1. The zero-order valence-electron chi connectivity index (χ0n) is 10.4. The van der Waals surface area contributed by atoms with Crippen LogP contribution in [0.15, 0.2) is 18.2 Å². The van der Waals surface area contributed by atoms with Gasteiger partial charge in [0.2, 0.25) is 0 Å². The zero-order chi connectivity index (χ0) is 13.1. The molecule has 0 aliphatic carbocycles. The van der Waals surface area contributed by atoms with E-state index in [9.17, 15) is 4.79 Å². The fourth-order valence-electron chi connectivity index (χ4n) is 2.00. The Morgan fingerprint density at radius 1 is 1.39 bits per heavy atom. The van der Waals surface area contributed by atoms with Gasteiger partial charge >= 0.3 is 5.97 Å². The van der Waals surface area contributed by atoms with Gasteiger partial charge in [-0.1, -0.05) is 0 Å². The number of methoxy groups -OCH3 is 2. The highest BCUT2D eigenvalue weighted by molar-refractivity contribution is 5.89. The summed E-state index contributed by atoms with van der Waals surface area (Å²) in [4.78, 5) is 14.6. The van der Waals surface area contributed by atoms with Crippen molar-refractivity contribution in [1.82, 2.24) is 4.98 Å². The molecular weight excluding hydrogens is 232 g/mol. The van der Waals surface area contributed by atoms with E-state index in [2.05, 4.69) is 4.98 Å². The van der Waals surface area contributed by atoms with Gasteiger partial charge in [-0.25, -0.2) is 0 Å². The second-order valence-corrected chi connectivity index (χ2v) is 3.95. The van der Waals surface area contributed by atoms with E-state index in [1.54, 1.807) is 7.11 Å². The average Bonchev–Trinajstić information content (AvgIpc) is 2.75. The van der Waals surface area contributed by atoms with Crippen LogP contribution in [0.4, 0.5) is 0 Å². The first-order valence-electron chi connectivity index (χ1n) is 5.64. The molecule has 1 aromatic heterocycles. The number of aromatic amines is 1. The topological polar surface area (TPSA) is 77.3 Å². The molecule has 3 N–H and O–H groups in total. The number of esters is 1. The first-order valence-corrected chi connectivity index (χ1v) is 5.64. The van der Waals surface area contributed by atoms with E-state index in [1.807, 2.05) is 18.2 Å². The molecule has 0 atom stereocenters. The Labute approximate surface area is 105 Å². The number of benzene rings is 1. The molecule has 1 heterocycles. The molecule has 0 unspecified atom stereocenters. The lowest BCUT2D eigenvalue weighted by Crippen LogP contribution is -2.08. The molecule has 0 radical (unpaired) electrons. The largest absolute Gasteiger partial charge is 0.497 e. The van der Waals surface area contributed by atoms with Gasteiger partial charge in [0.25, 0.3) is 0 Å². The molecule has 5 heteroatoms. The van der Waals surface area contributed by atoms with E-state index in [4.69, 9.17) is 15.2 Å². The fourth-order valence-corrected chi connectivity index (χ4v) is 2.00. The molecule has 0 saturated carbocycles. The zero-order valence-corrected chi connectivity index (χ0v) is 10.4. The van der Waals surface area contributed by atoms with E-state index in [0.717, 1.165) is 27.9 Å². The highest BCUT2D eigenvalue weighted by atomic mass is 16.5. The van der Waals surface area contributed by atoms with Crippen molar-refractivity contribution in [3.05, 3.63) is 29.5 Å². The van der Waals surface area contributed by atoms with Crippen molar-refractivity contribution in [2.24, 2.45) is 5.73 Å². The third-order valence-electron chi connectivity index (χ3n) is 2.95. The molecule has 0 fully saturated rings. The molecule has 1 aromatic carbocycles. The smallest absolute Gasteiger partial charge is 0.310 e. The lowest BCUT2D eigenvalue weighted by Gasteiger charge is -2.03. The summed E-state index contributed by atoms with van der Waals surface area (Å²) >= 11 is 0. The summed E-state index contributed by atoms with van der Waals surface area (Å²) < 4.78 is 9.89. The summed E-state index contributed by atoms with van der Waals surface area (Å²) in [5.41, 5.74) is 8.35. The summed E-state index contributed by atoms with van der Waals surface area (Å²) in [6.07, 6.45) is 0.205. The van der Waals surface area contributed by atoms with Crippen LogP contribution in [0, 0.1) is 0 Å². The van der Waals surface area contributed by atoms with Crippen molar-refractivity contribution >= 4 is 16.9 Å². The van der Waals surface area contributed by atoms with Gasteiger partial charge < -0.3 is 20.2 Å². The van der Waals surface area contributed by atoms with Crippen LogP contribution >= 0.6 is 0 Å². The van der Waals surface area contributed by atoms with E-state index in [1.165, 1.54) is 7.11 Å². The summed E-state index contributed by atoms with van der Waals surface area (Å²) in [5.74, 6) is 0.463. The normalized spacial score (nSPS) is 10.6.